The number of benzene rings is 1. The molecule has 2 aromatic rings. The summed E-state index contributed by atoms with van der Waals surface area (Å²) < 4.78 is 36.5. The zero-order valence-corrected chi connectivity index (χ0v) is 16.1. The molecule has 0 aliphatic heterocycles. The van der Waals surface area contributed by atoms with E-state index < -0.39 is 15.9 Å². The Morgan fingerprint density at radius 1 is 1.31 bits per heavy atom. The van der Waals surface area contributed by atoms with Crippen LogP contribution in [0.3, 0.4) is 0 Å². The SMILES string of the molecule is Cc1cccc(OCCNC(=O)CN(C)S(=O)(=O)c2c(C)noc2C)c1. The maximum absolute atomic E-state index is 12.5. The number of sulfonamides is 1. The van der Waals surface area contributed by atoms with E-state index in [1.165, 1.54) is 14.0 Å². The number of rotatable bonds is 8. The largest absolute Gasteiger partial charge is 0.492 e. The number of carbonyl (C=O) groups is 1. The fourth-order valence-electron chi connectivity index (χ4n) is 2.41. The summed E-state index contributed by atoms with van der Waals surface area (Å²) in [4.78, 5) is 12.0. The lowest BCUT2D eigenvalue weighted by molar-refractivity contribution is -0.121. The third-order valence-electron chi connectivity index (χ3n) is 3.68. The van der Waals surface area contributed by atoms with Crippen LogP contribution < -0.4 is 10.1 Å². The van der Waals surface area contributed by atoms with Gasteiger partial charge in [-0.3, -0.25) is 4.79 Å². The van der Waals surface area contributed by atoms with Gasteiger partial charge in [0, 0.05) is 7.05 Å². The van der Waals surface area contributed by atoms with Gasteiger partial charge in [0.2, 0.25) is 15.9 Å². The van der Waals surface area contributed by atoms with Crippen molar-refractivity contribution < 1.29 is 22.5 Å². The fraction of sp³-hybridized carbons (Fsp3) is 0.412. The number of hydrogen-bond donors (Lipinski definition) is 1. The lowest BCUT2D eigenvalue weighted by atomic mass is 10.2. The van der Waals surface area contributed by atoms with Gasteiger partial charge in [-0.1, -0.05) is 17.3 Å². The second-order valence-corrected chi connectivity index (χ2v) is 7.91. The van der Waals surface area contributed by atoms with Gasteiger partial charge in [0.05, 0.1) is 13.1 Å². The van der Waals surface area contributed by atoms with Crippen LogP contribution in [-0.4, -0.2) is 50.5 Å². The first-order valence-electron chi connectivity index (χ1n) is 8.07. The predicted molar refractivity (Wildman–Crippen MR) is 95.5 cm³/mol. The summed E-state index contributed by atoms with van der Waals surface area (Å²) in [6.45, 7) is 5.27. The van der Waals surface area contributed by atoms with Crippen LogP contribution in [0.25, 0.3) is 0 Å². The van der Waals surface area contributed by atoms with Crippen molar-refractivity contribution in [2.24, 2.45) is 0 Å². The van der Waals surface area contributed by atoms with Gasteiger partial charge in [-0.2, -0.15) is 4.31 Å². The summed E-state index contributed by atoms with van der Waals surface area (Å²) in [7, 11) is -2.51. The van der Waals surface area contributed by atoms with E-state index >= 15 is 0 Å². The molecular weight excluding hydrogens is 358 g/mol. The lowest BCUT2D eigenvalue weighted by Gasteiger charge is -2.16. The van der Waals surface area contributed by atoms with Gasteiger partial charge >= 0.3 is 0 Å². The van der Waals surface area contributed by atoms with Gasteiger partial charge in [-0.25, -0.2) is 8.42 Å². The number of amides is 1. The second kappa shape index (κ2) is 8.33. The van der Waals surface area contributed by atoms with E-state index in [-0.39, 0.29) is 36.0 Å². The van der Waals surface area contributed by atoms with Crippen LogP contribution >= 0.6 is 0 Å². The Morgan fingerprint density at radius 2 is 2.04 bits per heavy atom. The number of aryl methyl sites for hydroxylation is 3. The number of nitrogens with one attached hydrogen (secondary N) is 1. The number of nitrogens with zero attached hydrogens (tertiary/aromatic N) is 2. The topological polar surface area (TPSA) is 102 Å². The first-order valence-corrected chi connectivity index (χ1v) is 9.51. The molecule has 1 N–H and O–H groups in total. The Bertz CT molecular complexity index is 857. The zero-order valence-electron chi connectivity index (χ0n) is 15.3. The number of likely N-dealkylation sites (N-methyl/N-ethyl adjacent to an activating group) is 1. The minimum atomic E-state index is -3.85. The molecule has 0 saturated carbocycles. The molecule has 1 amide bonds. The van der Waals surface area contributed by atoms with Gasteiger partial charge < -0.3 is 14.6 Å². The smallest absolute Gasteiger partial charge is 0.248 e. The Balaban J connectivity index is 1.83. The molecule has 8 nitrogen and oxygen atoms in total. The maximum Gasteiger partial charge on any atom is 0.248 e. The zero-order chi connectivity index (χ0) is 19.3. The molecule has 0 aliphatic carbocycles. The summed E-state index contributed by atoms with van der Waals surface area (Å²) in [5.74, 6) is 0.495. The third-order valence-corrected chi connectivity index (χ3v) is 5.73. The number of ether oxygens (including phenoxy) is 1. The van der Waals surface area contributed by atoms with Crippen LogP contribution in [0.1, 0.15) is 17.0 Å². The van der Waals surface area contributed by atoms with Gasteiger partial charge in [0.25, 0.3) is 0 Å². The van der Waals surface area contributed by atoms with Gasteiger partial charge in [0.1, 0.15) is 22.9 Å². The molecular formula is C17H23N3O5S. The first kappa shape index (κ1) is 19.9. The third kappa shape index (κ3) is 4.83. The van der Waals surface area contributed by atoms with E-state index in [9.17, 15) is 13.2 Å². The lowest BCUT2D eigenvalue weighted by Crippen LogP contribution is -2.39. The minimum absolute atomic E-state index is 0.00409. The van der Waals surface area contributed by atoms with E-state index in [0.29, 0.717) is 0 Å². The molecule has 0 bridgehead atoms. The summed E-state index contributed by atoms with van der Waals surface area (Å²) in [6, 6.07) is 7.58. The molecule has 0 fully saturated rings. The normalized spacial score (nSPS) is 11.6. The summed E-state index contributed by atoms with van der Waals surface area (Å²) >= 11 is 0. The molecule has 1 aromatic carbocycles. The van der Waals surface area contributed by atoms with Crippen LogP contribution in [0.2, 0.25) is 0 Å². The van der Waals surface area contributed by atoms with E-state index in [0.717, 1.165) is 15.6 Å². The Morgan fingerprint density at radius 3 is 2.65 bits per heavy atom. The van der Waals surface area contributed by atoms with Crippen molar-refractivity contribution in [3.05, 3.63) is 41.3 Å². The minimum Gasteiger partial charge on any atom is -0.492 e. The fourth-order valence-corrected chi connectivity index (χ4v) is 3.82. The molecule has 0 unspecified atom stereocenters. The molecule has 1 heterocycles. The van der Waals surface area contributed by atoms with Crippen LogP contribution in [-0.2, 0) is 14.8 Å². The average molecular weight is 381 g/mol. The Labute approximate surface area is 153 Å². The van der Waals surface area contributed by atoms with Crippen molar-refractivity contribution in [3.8, 4) is 5.75 Å². The molecule has 0 aliphatic rings. The van der Waals surface area contributed by atoms with Crippen molar-refractivity contribution in [1.29, 1.82) is 0 Å². The molecule has 2 rings (SSSR count). The standard InChI is InChI=1S/C17H23N3O5S/c1-12-6-5-7-15(10-12)24-9-8-18-16(21)11-20(4)26(22,23)17-13(2)19-25-14(17)3/h5-7,10H,8-9,11H2,1-4H3,(H,18,21). The van der Waals surface area contributed by atoms with E-state index in [2.05, 4.69) is 10.5 Å². The average Bonchev–Trinajstić information content (AvgIpc) is 2.91. The Hall–Kier alpha value is -2.39. The number of carbonyl (C=O) groups excluding carboxylic acids is 1. The summed E-state index contributed by atoms with van der Waals surface area (Å²) in [5.41, 5.74) is 1.35. The summed E-state index contributed by atoms with van der Waals surface area (Å²) in [5, 5.41) is 6.28. The van der Waals surface area contributed by atoms with E-state index in [1.54, 1.807) is 6.92 Å². The van der Waals surface area contributed by atoms with Crippen LogP contribution in [0.15, 0.2) is 33.7 Å². The number of hydrogen-bond acceptors (Lipinski definition) is 6. The predicted octanol–water partition coefficient (Wildman–Crippen LogP) is 1.42. The molecule has 26 heavy (non-hydrogen) atoms. The van der Waals surface area contributed by atoms with Crippen LogP contribution in [0, 0.1) is 20.8 Å². The number of aromatic nitrogens is 1. The van der Waals surface area contributed by atoms with Crippen molar-refractivity contribution in [1.82, 2.24) is 14.8 Å². The van der Waals surface area contributed by atoms with Crippen molar-refractivity contribution in [2.75, 3.05) is 26.7 Å². The highest BCUT2D eigenvalue weighted by atomic mass is 32.2. The quantitative estimate of drug-likeness (QED) is 0.694. The molecule has 142 valence electrons. The Kier molecular flexibility index (Phi) is 6.38. The van der Waals surface area contributed by atoms with Crippen LogP contribution in [0.4, 0.5) is 0 Å². The second-order valence-electron chi connectivity index (χ2n) is 5.93. The van der Waals surface area contributed by atoms with Crippen molar-refractivity contribution in [3.63, 3.8) is 0 Å². The van der Waals surface area contributed by atoms with Crippen molar-refractivity contribution in [2.45, 2.75) is 25.7 Å². The highest BCUT2D eigenvalue weighted by Gasteiger charge is 2.29. The molecule has 0 radical (unpaired) electrons. The van der Waals surface area contributed by atoms with Crippen molar-refractivity contribution >= 4 is 15.9 Å². The van der Waals surface area contributed by atoms with E-state index in [1.807, 2.05) is 31.2 Å². The van der Waals surface area contributed by atoms with Crippen LogP contribution in [0.5, 0.6) is 5.75 Å². The van der Waals surface area contributed by atoms with Gasteiger partial charge in [-0.05, 0) is 38.5 Å². The van der Waals surface area contributed by atoms with E-state index in [4.69, 9.17) is 9.26 Å². The molecule has 0 spiro atoms. The molecule has 1 aromatic heterocycles. The molecule has 0 saturated heterocycles. The highest BCUT2D eigenvalue weighted by Crippen LogP contribution is 2.22. The highest BCUT2D eigenvalue weighted by molar-refractivity contribution is 7.89. The van der Waals surface area contributed by atoms with Gasteiger partial charge in [-0.15, -0.1) is 0 Å². The van der Waals surface area contributed by atoms with Gasteiger partial charge in [0.15, 0.2) is 5.76 Å². The molecule has 9 heteroatoms. The molecule has 0 atom stereocenters. The maximum atomic E-state index is 12.5. The summed E-state index contributed by atoms with van der Waals surface area (Å²) in [6.07, 6.45) is 0. The first-order chi connectivity index (χ1) is 12.2. The monoisotopic (exact) mass is 381 g/mol.